The highest BCUT2D eigenvalue weighted by Crippen LogP contribution is 2.22. The van der Waals surface area contributed by atoms with Crippen LogP contribution >= 0.6 is 11.3 Å². The predicted octanol–water partition coefficient (Wildman–Crippen LogP) is 3.29. The van der Waals surface area contributed by atoms with Gasteiger partial charge in [0, 0.05) is 10.8 Å². The number of benzene rings is 1. The summed E-state index contributed by atoms with van der Waals surface area (Å²) < 4.78 is 5.50. The molecule has 0 bridgehead atoms. The van der Waals surface area contributed by atoms with Crippen LogP contribution in [-0.4, -0.2) is 6.61 Å². The van der Waals surface area contributed by atoms with Crippen molar-refractivity contribution < 1.29 is 4.74 Å². The second-order valence-electron chi connectivity index (χ2n) is 2.86. The number of hydrogen-bond acceptors (Lipinski definition) is 2. The molecule has 0 aliphatic rings. The van der Waals surface area contributed by atoms with Gasteiger partial charge >= 0.3 is 0 Å². The van der Waals surface area contributed by atoms with Gasteiger partial charge in [0.2, 0.25) is 0 Å². The van der Waals surface area contributed by atoms with Gasteiger partial charge in [0.15, 0.2) is 0 Å². The topological polar surface area (TPSA) is 9.23 Å². The van der Waals surface area contributed by atoms with Gasteiger partial charge < -0.3 is 4.74 Å². The first-order valence-electron chi connectivity index (χ1n) is 4.35. The van der Waals surface area contributed by atoms with Crippen molar-refractivity contribution >= 4 is 22.1 Å². The number of ether oxygens (including phenoxy) is 1. The van der Waals surface area contributed by atoms with Crippen LogP contribution in [0.4, 0.5) is 0 Å². The average Bonchev–Trinajstić information content (AvgIpc) is 2.61. The molecule has 0 fully saturated rings. The number of rotatable bonds is 3. The highest BCUT2D eigenvalue weighted by atomic mass is 32.1. The van der Waals surface area contributed by atoms with E-state index in [4.69, 9.17) is 4.74 Å². The van der Waals surface area contributed by atoms with Crippen molar-refractivity contribution in [2.24, 2.45) is 0 Å². The van der Waals surface area contributed by atoms with Gasteiger partial charge in [-0.05, 0) is 24.6 Å². The largest absolute Gasteiger partial charge is 0.494 e. The Morgan fingerprint density at radius 2 is 2.15 bits per heavy atom. The fourth-order valence-electron chi connectivity index (χ4n) is 1.14. The molecule has 0 amide bonds. The van der Waals surface area contributed by atoms with Crippen LogP contribution in [0.1, 0.15) is 13.3 Å². The zero-order chi connectivity index (χ0) is 9.10. The Kier molecular flexibility index (Phi) is 2.50. The third-order valence-corrected chi connectivity index (χ3v) is 2.43. The SMILES string of the molecule is CCCOc1ccc2[c]s[c]c2c1. The molecule has 2 radical (unpaired) electrons. The molecule has 1 nitrogen and oxygen atoms in total. The molecular formula is C11H10OS. The second kappa shape index (κ2) is 3.79. The minimum absolute atomic E-state index is 0.777. The molecule has 2 aromatic rings. The molecule has 2 heteroatoms. The first-order chi connectivity index (χ1) is 6.40. The van der Waals surface area contributed by atoms with Crippen molar-refractivity contribution in [1.29, 1.82) is 0 Å². The van der Waals surface area contributed by atoms with Crippen LogP contribution in [-0.2, 0) is 0 Å². The molecule has 0 aliphatic carbocycles. The normalized spacial score (nSPS) is 10.5. The average molecular weight is 190 g/mol. The summed E-state index contributed by atoms with van der Waals surface area (Å²) in [5.74, 6) is 0.928. The van der Waals surface area contributed by atoms with Crippen LogP contribution in [0.25, 0.3) is 10.8 Å². The van der Waals surface area contributed by atoms with E-state index in [-0.39, 0.29) is 0 Å². The third kappa shape index (κ3) is 1.83. The summed E-state index contributed by atoms with van der Waals surface area (Å²) in [7, 11) is 0. The van der Waals surface area contributed by atoms with Crippen LogP contribution in [0.3, 0.4) is 0 Å². The summed E-state index contributed by atoms with van der Waals surface area (Å²) in [5.41, 5.74) is 0. The first-order valence-corrected chi connectivity index (χ1v) is 5.16. The molecule has 66 valence electrons. The lowest BCUT2D eigenvalue weighted by molar-refractivity contribution is 0.318. The van der Waals surface area contributed by atoms with E-state index in [2.05, 4.69) is 17.7 Å². The summed E-state index contributed by atoms with van der Waals surface area (Å²) in [4.78, 5) is 0. The maximum atomic E-state index is 5.50. The van der Waals surface area contributed by atoms with Crippen molar-refractivity contribution in [3.05, 3.63) is 29.0 Å². The van der Waals surface area contributed by atoms with E-state index < -0.39 is 0 Å². The summed E-state index contributed by atoms with van der Waals surface area (Å²) >= 11 is 1.48. The molecule has 0 spiro atoms. The number of fused-ring (bicyclic) bond motifs is 1. The Balaban J connectivity index is 2.26. The summed E-state index contributed by atoms with van der Waals surface area (Å²) in [6.45, 7) is 2.88. The van der Waals surface area contributed by atoms with Crippen LogP contribution in [0, 0.1) is 10.8 Å². The van der Waals surface area contributed by atoms with Crippen molar-refractivity contribution in [1.82, 2.24) is 0 Å². The van der Waals surface area contributed by atoms with Crippen LogP contribution in [0.15, 0.2) is 18.2 Å². The van der Waals surface area contributed by atoms with Crippen LogP contribution in [0.2, 0.25) is 0 Å². The van der Waals surface area contributed by atoms with Crippen LogP contribution in [0.5, 0.6) is 5.75 Å². The lowest BCUT2D eigenvalue weighted by Crippen LogP contribution is -1.93. The predicted molar refractivity (Wildman–Crippen MR) is 55.3 cm³/mol. The Labute approximate surface area is 82.0 Å². The lowest BCUT2D eigenvalue weighted by Gasteiger charge is -2.03. The van der Waals surface area contributed by atoms with Gasteiger partial charge in [-0.15, -0.1) is 11.3 Å². The van der Waals surface area contributed by atoms with E-state index in [0.717, 1.165) is 29.5 Å². The zero-order valence-corrected chi connectivity index (χ0v) is 8.28. The molecular weight excluding hydrogens is 180 g/mol. The van der Waals surface area contributed by atoms with E-state index in [1.165, 1.54) is 11.3 Å². The first kappa shape index (κ1) is 8.57. The highest BCUT2D eigenvalue weighted by molar-refractivity contribution is 7.08. The fraction of sp³-hybridized carbons (Fsp3) is 0.273. The molecule has 0 atom stereocenters. The summed E-state index contributed by atoms with van der Waals surface area (Å²) in [5, 5.41) is 8.49. The smallest absolute Gasteiger partial charge is 0.119 e. The molecule has 2 rings (SSSR count). The van der Waals surface area contributed by atoms with Crippen molar-refractivity contribution in [2.75, 3.05) is 6.61 Å². The molecule has 0 aliphatic heterocycles. The summed E-state index contributed by atoms with van der Waals surface area (Å²) in [6, 6.07) is 6.01. The van der Waals surface area contributed by atoms with Gasteiger partial charge in [-0.2, -0.15) is 0 Å². The van der Waals surface area contributed by atoms with Gasteiger partial charge in [0.25, 0.3) is 0 Å². The Hall–Kier alpha value is -1.02. The number of hydrogen-bond donors (Lipinski definition) is 0. The van der Waals surface area contributed by atoms with Gasteiger partial charge in [0.1, 0.15) is 5.75 Å². The molecule has 0 saturated carbocycles. The van der Waals surface area contributed by atoms with E-state index in [0.29, 0.717) is 0 Å². The van der Waals surface area contributed by atoms with Crippen molar-refractivity contribution in [2.45, 2.75) is 13.3 Å². The summed E-state index contributed by atoms with van der Waals surface area (Å²) in [6.07, 6.45) is 1.04. The number of thiophene rings is 1. The second-order valence-corrected chi connectivity index (χ2v) is 3.47. The van der Waals surface area contributed by atoms with E-state index in [1.54, 1.807) is 0 Å². The molecule has 0 saturated heterocycles. The molecule has 13 heavy (non-hydrogen) atoms. The zero-order valence-electron chi connectivity index (χ0n) is 7.46. The van der Waals surface area contributed by atoms with Gasteiger partial charge in [-0.25, -0.2) is 0 Å². The quantitative estimate of drug-likeness (QED) is 0.721. The molecule has 1 aromatic carbocycles. The molecule has 1 aromatic heterocycles. The molecule has 0 N–H and O–H groups in total. The fourth-order valence-corrected chi connectivity index (χ4v) is 1.76. The van der Waals surface area contributed by atoms with E-state index >= 15 is 0 Å². The Morgan fingerprint density at radius 3 is 3.00 bits per heavy atom. The van der Waals surface area contributed by atoms with E-state index in [9.17, 15) is 0 Å². The Bertz CT molecular complexity index is 392. The van der Waals surface area contributed by atoms with Gasteiger partial charge in [-0.1, -0.05) is 6.92 Å². The maximum Gasteiger partial charge on any atom is 0.119 e. The van der Waals surface area contributed by atoms with Crippen LogP contribution < -0.4 is 4.74 Å². The lowest BCUT2D eigenvalue weighted by atomic mass is 10.2. The van der Waals surface area contributed by atoms with Crippen molar-refractivity contribution in [3.8, 4) is 5.75 Å². The van der Waals surface area contributed by atoms with E-state index in [1.807, 2.05) is 18.2 Å². The van der Waals surface area contributed by atoms with Gasteiger partial charge in [-0.3, -0.25) is 0 Å². The van der Waals surface area contributed by atoms with Crippen molar-refractivity contribution in [3.63, 3.8) is 0 Å². The molecule has 0 unspecified atom stereocenters. The minimum Gasteiger partial charge on any atom is -0.494 e. The maximum absolute atomic E-state index is 5.50. The molecule has 1 heterocycles. The third-order valence-electron chi connectivity index (χ3n) is 1.79. The minimum atomic E-state index is 0.777. The monoisotopic (exact) mass is 190 g/mol. The Morgan fingerprint density at radius 1 is 1.31 bits per heavy atom. The standard InChI is InChI=1S/C11H10OS/c1-2-5-12-11-4-3-9-7-13-8-10(9)6-11/h3-4,6H,2,5H2,1H3. The van der Waals surface area contributed by atoms with Gasteiger partial charge in [0.05, 0.1) is 17.4 Å². The highest BCUT2D eigenvalue weighted by Gasteiger charge is 1.97.